The summed E-state index contributed by atoms with van der Waals surface area (Å²) in [6.07, 6.45) is 6.81. The molecule has 2 saturated carbocycles. The minimum absolute atomic E-state index is 0.0406. The lowest BCUT2D eigenvalue weighted by molar-refractivity contribution is -0.151. The molecule has 1 aromatic rings. The second-order valence-electron chi connectivity index (χ2n) is 10.8. The van der Waals surface area contributed by atoms with E-state index in [0.717, 1.165) is 24.8 Å². The van der Waals surface area contributed by atoms with Gasteiger partial charge in [-0.05, 0) is 73.1 Å². The molecule has 0 aromatic heterocycles. The van der Waals surface area contributed by atoms with Crippen LogP contribution in [0.15, 0.2) is 54.1 Å². The van der Waals surface area contributed by atoms with Gasteiger partial charge in [0.25, 0.3) is 0 Å². The predicted octanol–water partition coefficient (Wildman–Crippen LogP) is 4.37. The van der Waals surface area contributed by atoms with Crippen molar-refractivity contribution in [3.05, 3.63) is 65.5 Å². The molecule has 4 rings (SSSR count). The molecule has 0 spiro atoms. The van der Waals surface area contributed by atoms with Crippen LogP contribution < -0.4 is 0 Å². The third-order valence-corrected chi connectivity index (χ3v) is 8.76. The number of aliphatic hydroxyl groups is 2. The summed E-state index contributed by atoms with van der Waals surface area (Å²) in [5, 5.41) is 20.9. The Hall–Kier alpha value is -2.77. The zero-order valence-electron chi connectivity index (χ0n) is 20.9. The molecule has 2 N–H and O–H groups in total. The zero-order valence-corrected chi connectivity index (χ0v) is 20.9. The van der Waals surface area contributed by atoms with Gasteiger partial charge in [-0.2, -0.15) is 0 Å². The van der Waals surface area contributed by atoms with Crippen LogP contribution in [0.2, 0.25) is 0 Å². The second-order valence-corrected chi connectivity index (χ2v) is 10.8. The highest BCUT2D eigenvalue weighted by Crippen LogP contribution is 2.61. The summed E-state index contributed by atoms with van der Waals surface area (Å²) >= 11 is 0. The fraction of sp³-hybridized carbons (Fsp3) is 0.517. The van der Waals surface area contributed by atoms with Crippen molar-refractivity contribution in [3.8, 4) is 0 Å². The molecule has 36 heavy (non-hydrogen) atoms. The van der Waals surface area contributed by atoms with Crippen molar-refractivity contribution in [3.63, 3.8) is 0 Å². The molecule has 2 aliphatic carbocycles. The van der Waals surface area contributed by atoms with Crippen molar-refractivity contribution in [2.24, 2.45) is 22.7 Å². The molecule has 194 valence electrons. The Bertz CT molecular complexity index is 1080. The maximum absolute atomic E-state index is 13.1. The maximum atomic E-state index is 13.1. The van der Waals surface area contributed by atoms with Crippen LogP contribution in [0, 0.1) is 28.5 Å². The lowest BCUT2D eigenvalue weighted by Gasteiger charge is -2.59. The number of rotatable bonds is 6. The van der Waals surface area contributed by atoms with E-state index in [9.17, 15) is 24.2 Å². The van der Waals surface area contributed by atoms with Crippen molar-refractivity contribution < 1.29 is 33.7 Å². The lowest BCUT2D eigenvalue weighted by Crippen LogP contribution is -2.57. The third kappa shape index (κ3) is 4.91. The summed E-state index contributed by atoms with van der Waals surface area (Å²) in [4.78, 5) is 24.8. The highest BCUT2D eigenvalue weighted by Gasteiger charge is 2.57. The van der Waals surface area contributed by atoms with Gasteiger partial charge in [-0.15, -0.1) is 0 Å². The molecule has 1 aliphatic heterocycles. The Balaban J connectivity index is 1.48. The number of hydrogen-bond donors (Lipinski definition) is 2. The molecule has 0 amide bonds. The summed E-state index contributed by atoms with van der Waals surface area (Å²) in [6, 6.07) is 5.69. The van der Waals surface area contributed by atoms with Gasteiger partial charge in [0.15, 0.2) is 6.10 Å². The maximum Gasteiger partial charge on any atom is 0.337 e. The molecular formula is C29H35FO6. The largest absolute Gasteiger partial charge is 0.458 e. The average molecular weight is 499 g/mol. The van der Waals surface area contributed by atoms with Crippen molar-refractivity contribution in [1.82, 2.24) is 0 Å². The smallest absolute Gasteiger partial charge is 0.337 e. The van der Waals surface area contributed by atoms with Gasteiger partial charge in [-0.1, -0.05) is 44.2 Å². The van der Waals surface area contributed by atoms with E-state index in [4.69, 9.17) is 9.47 Å². The predicted molar refractivity (Wildman–Crippen MR) is 133 cm³/mol. The average Bonchev–Trinajstić information content (AvgIpc) is 3.19. The van der Waals surface area contributed by atoms with E-state index in [1.54, 1.807) is 12.1 Å². The minimum atomic E-state index is -0.806. The van der Waals surface area contributed by atoms with Crippen LogP contribution in [-0.4, -0.2) is 47.6 Å². The van der Waals surface area contributed by atoms with Crippen LogP contribution in [0.3, 0.4) is 0 Å². The number of ether oxygens (including phenoxy) is 2. The number of halogens is 1. The van der Waals surface area contributed by atoms with E-state index in [-0.39, 0.29) is 36.3 Å². The first kappa shape index (κ1) is 26.3. The minimum Gasteiger partial charge on any atom is -0.458 e. The standard InChI is InChI=1S/C29H35FO6/c1-18-4-12-24-28(2,15-14-25(32)29(24,3)17-31)22(18)11-10-21-23(16-35-27(21)34)36-26(33)13-7-19-5-8-20(30)9-6-19/h5-10,13,22-25,31-32H,1,4,11-12,14-17H2,2-3H3/t22-,23?,24?,25-,28+,29+/m1/s1. The molecule has 1 aromatic carbocycles. The van der Waals surface area contributed by atoms with Crippen LogP contribution in [0.1, 0.15) is 51.5 Å². The van der Waals surface area contributed by atoms with E-state index in [1.807, 2.05) is 13.0 Å². The number of allylic oxidation sites excluding steroid dienone is 2. The van der Waals surface area contributed by atoms with Gasteiger partial charge in [0.1, 0.15) is 12.4 Å². The van der Waals surface area contributed by atoms with E-state index in [2.05, 4.69) is 13.5 Å². The first-order valence-corrected chi connectivity index (χ1v) is 12.6. The number of fused-ring (bicyclic) bond motifs is 1. The Kier molecular flexibility index (Phi) is 7.53. The van der Waals surface area contributed by atoms with Gasteiger partial charge < -0.3 is 19.7 Å². The summed E-state index contributed by atoms with van der Waals surface area (Å²) in [5.41, 5.74) is 1.30. The quantitative estimate of drug-likeness (QED) is 0.344. The van der Waals surface area contributed by atoms with Crippen LogP contribution in [-0.2, 0) is 19.1 Å². The van der Waals surface area contributed by atoms with Crippen molar-refractivity contribution in [2.45, 2.75) is 58.2 Å². The third-order valence-electron chi connectivity index (χ3n) is 8.76. The van der Waals surface area contributed by atoms with Gasteiger partial charge in [-0.3, -0.25) is 0 Å². The summed E-state index contributed by atoms with van der Waals surface area (Å²) < 4.78 is 23.7. The second kappa shape index (κ2) is 10.3. The fourth-order valence-electron chi connectivity index (χ4n) is 6.57. The Labute approximate surface area is 211 Å². The number of benzene rings is 1. The number of carbonyl (C=O) groups excluding carboxylic acids is 2. The van der Waals surface area contributed by atoms with Gasteiger partial charge >= 0.3 is 11.9 Å². The first-order chi connectivity index (χ1) is 17.1. The van der Waals surface area contributed by atoms with Crippen LogP contribution >= 0.6 is 0 Å². The molecular weight excluding hydrogens is 463 g/mol. The summed E-state index contributed by atoms with van der Waals surface area (Å²) in [5.74, 6) is -1.31. The molecule has 0 bridgehead atoms. The number of aliphatic hydroxyl groups excluding tert-OH is 2. The lowest BCUT2D eigenvalue weighted by atomic mass is 9.46. The topological polar surface area (TPSA) is 93.1 Å². The Morgan fingerprint density at radius 1 is 1.28 bits per heavy atom. The molecule has 7 heteroatoms. The van der Waals surface area contributed by atoms with Crippen molar-refractivity contribution >= 4 is 18.0 Å². The van der Waals surface area contributed by atoms with Crippen molar-refractivity contribution in [1.29, 1.82) is 0 Å². The number of cyclic esters (lactones) is 1. The van der Waals surface area contributed by atoms with Gasteiger partial charge in [-0.25, -0.2) is 14.0 Å². The monoisotopic (exact) mass is 498 g/mol. The fourth-order valence-corrected chi connectivity index (χ4v) is 6.57. The number of carbonyl (C=O) groups is 2. The number of hydrogen-bond acceptors (Lipinski definition) is 6. The normalized spacial score (nSPS) is 35.6. The molecule has 6 atom stereocenters. The Morgan fingerprint density at radius 2 is 2.00 bits per heavy atom. The molecule has 2 unspecified atom stereocenters. The molecule has 1 saturated heterocycles. The Morgan fingerprint density at radius 3 is 2.69 bits per heavy atom. The van der Waals surface area contributed by atoms with E-state index in [1.165, 1.54) is 24.3 Å². The molecule has 1 heterocycles. The highest BCUT2D eigenvalue weighted by molar-refractivity contribution is 5.93. The van der Waals surface area contributed by atoms with E-state index < -0.39 is 29.6 Å². The van der Waals surface area contributed by atoms with E-state index in [0.29, 0.717) is 24.0 Å². The SMILES string of the molecule is C=C1CCC2[C@](C)(CO)[C@H](O)CC[C@@]2(C)[C@@H]1CC=C1C(=O)OCC1OC(=O)C=Cc1ccc(F)cc1. The molecule has 6 nitrogen and oxygen atoms in total. The molecule has 3 aliphatic rings. The summed E-state index contributed by atoms with van der Waals surface area (Å²) in [7, 11) is 0. The van der Waals surface area contributed by atoms with Crippen LogP contribution in [0.4, 0.5) is 4.39 Å². The summed E-state index contributed by atoms with van der Waals surface area (Å²) in [6.45, 7) is 8.38. The first-order valence-electron chi connectivity index (χ1n) is 12.6. The van der Waals surface area contributed by atoms with Gasteiger partial charge in [0, 0.05) is 11.5 Å². The molecule has 0 radical (unpaired) electrons. The van der Waals surface area contributed by atoms with Crippen LogP contribution in [0.25, 0.3) is 6.08 Å². The van der Waals surface area contributed by atoms with Crippen molar-refractivity contribution in [2.75, 3.05) is 13.2 Å². The van der Waals surface area contributed by atoms with Crippen LogP contribution in [0.5, 0.6) is 0 Å². The highest BCUT2D eigenvalue weighted by atomic mass is 19.1. The molecule has 3 fully saturated rings. The van der Waals surface area contributed by atoms with Gasteiger partial charge in [0.2, 0.25) is 0 Å². The number of esters is 2. The van der Waals surface area contributed by atoms with E-state index >= 15 is 0 Å². The zero-order chi connectivity index (χ0) is 26.1. The van der Waals surface area contributed by atoms with Gasteiger partial charge in [0.05, 0.1) is 18.3 Å².